The highest BCUT2D eigenvalue weighted by molar-refractivity contribution is 14.1. The maximum atomic E-state index is 5.11. The van der Waals surface area contributed by atoms with E-state index in [1.54, 1.807) is 0 Å². The summed E-state index contributed by atoms with van der Waals surface area (Å²) in [5, 5.41) is 0. The highest BCUT2D eigenvalue weighted by Crippen LogP contribution is 2.16. The van der Waals surface area contributed by atoms with Gasteiger partial charge in [-0.15, -0.1) is 12.3 Å². The maximum Gasteiger partial charge on any atom is 0.00861 e. The number of terminal acetylenes is 1. The molecule has 0 aromatic carbocycles. The van der Waals surface area contributed by atoms with E-state index in [4.69, 9.17) is 6.42 Å². The van der Waals surface area contributed by atoms with Crippen LogP contribution >= 0.6 is 45.2 Å². The summed E-state index contributed by atoms with van der Waals surface area (Å²) in [5.41, 5.74) is 0. The Morgan fingerprint density at radius 1 is 1.50 bits per heavy atom. The third kappa shape index (κ3) is 6.87. The third-order valence-corrected chi connectivity index (χ3v) is 3.90. The Labute approximate surface area is 90.1 Å². The summed E-state index contributed by atoms with van der Waals surface area (Å²) >= 11 is 4.62. The lowest BCUT2D eigenvalue weighted by atomic mass is 10.2. The first-order valence-electron chi connectivity index (χ1n) is 3.19. The zero-order valence-electron chi connectivity index (χ0n) is 5.74. The molecule has 0 saturated carbocycles. The van der Waals surface area contributed by atoms with Crippen molar-refractivity contribution in [3.05, 3.63) is 7.66 Å². The molecule has 0 spiro atoms. The Kier molecular flexibility index (Phi) is 8.46. The number of rotatable bonds is 4. The minimum absolute atomic E-state index is 0.922. The zero-order chi connectivity index (χ0) is 7.82. The Bertz CT molecular complexity index is 142. The van der Waals surface area contributed by atoms with Crippen molar-refractivity contribution in [2.45, 2.75) is 25.7 Å². The van der Waals surface area contributed by atoms with Crippen molar-refractivity contribution >= 4 is 45.2 Å². The largest absolute Gasteiger partial charge is 0.120 e. The van der Waals surface area contributed by atoms with Gasteiger partial charge < -0.3 is 0 Å². The van der Waals surface area contributed by atoms with E-state index >= 15 is 0 Å². The van der Waals surface area contributed by atoms with E-state index in [9.17, 15) is 0 Å². The van der Waals surface area contributed by atoms with E-state index < -0.39 is 0 Å². The number of allylic oxidation sites excluding steroid dienone is 1. The van der Waals surface area contributed by atoms with E-state index in [0.29, 0.717) is 0 Å². The normalized spacial score (nSPS) is 11.1. The molecule has 0 aromatic heterocycles. The van der Waals surface area contributed by atoms with Crippen LogP contribution in [0, 0.1) is 12.3 Å². The summed E-state index contributed by atoms with van der Waals surface area (Å²) in [7, 11) is 0. The van der Waals surface area contributed by atoms with Crippen molar-refractivity contribution in [1.29, 1.82) is 0 Å². The molecule has 0 saturated heterocycles. The fourth-order valence-corrected chi connectivity index (χ4v) is 1.27. The van der Waals surface area contributed by atoms with Crippen molar-refractivity contribution in [2.75, 3.05) is 0 Å². The lowest BCUT2D eigenvalue weighted by Gasteiger charge is -1.94. The van der Waals surface area contributed by atoms with Crippen LogP contribution in [0.5, 0.6) is 0 Å². The molecule has 10 heavy (non-hydrogen) atoms. The molecular formula is C8H10I2. The smallest absolute Gasteiger partial charge is 0.00861 e. The van der Waals surface area contributed by atoms with E-state index in [1.807, 2.05) is 0 Å². The van der Waals surface area contributed by atoms with Gasteiger partial charge in [-0.3, -0.25) is 0 Å². The molecule has 0 heterocycles. The quantitative estimate of drug-likeness (QED) is 0.406. The molecule has 56 valence electrons. The predicted octanol–water partition coefficient (Wildman–Crippen LogP) is 3.89. The van der Waals surface area contributed by atoms with E-state index in [2.05, 4.69) is 55.2 Å². The molecule has 0 N–H and O–H groups in total. The van der Waals surface area contributed by atoms with E-state index in [1.165, 1.54) is 16.4 Å². The van der Waals surface area contributed by atoms with Gasteiger partial charge in [0.25, 0.3) is 0 Å². The van der Waals surface area contributed by atoms with Gasteiger partial charge in [0, 0.05) is 6.42 Å². The van der Waals surface area contributed by atoms with Gasteiger partial charge in [-0.25, -0.2) is 0 Å². The van der Waals surface area contributed by atoms with Gasteiger partial charge in [-0.05, 0) is 49.5 Å². The van der Waals surface area contributed by atoms with E-state index in [0.717, 1.165) is 12.8 Å². The van der Waals surface area contributed by atoms with Crippen LogP contribution in [0.4, 0.5) is 0 Å². The Morgan fingerprint density at radius 2 is 2.20 bits per heavy atom. The molecule has 0 aliphatic heterocycles. The summed E-state index contributed by atoms with van der Waals surface area (Å²) in [4.78, 5) is 0. The molecule has 0 unspecified atom stereocenters. The molecule has 0 rings (SSSR count). The van der Waals surface area contributed by atoms with Crippen LogP contribution in [0.3, 0.4) is 0 Å². The van der Waals surface area contributed by atoms with Crippen LogP contribution in [-0.4, -0.2) is 0 Å². The van der Waals surface area contributed by atoms with Crippen LogP contribution in [0.1, 0.15) is 25.7 Å². The van der Waals surface area contributed by atoms with Gasteiger partial charge in [0.15, 0.2) is 0 Å². The van der Waals surface area contributed by atoms with E-state index in [-0.39, 0.29) is 0 Å². The average Bonchev–Trinajstić information content (AvgIpc) is 1.98. The minimum atomic E-state index is 0.922. The predicted molar refractivity (Wildman–Crippen MR) is 63.4 cm³/mol. The van der Waals surface area contributed by atoms with Crippen LogP contribution < -0.4 is 0 Å². The lowest BCUT2D eigenvalue weighted by molar-refractivity contribution is 0.771. The van der Waals surface area contributed by atoms with Gasteiger partial charge in [-0.2, -0.15) is 0 Å². The molecule has 2 heteroatoms. The van der Waals surface area contributed by atoms with Crippen LogP contribution in [0.25, 0.3) is 0 Å². The standard InChI is InChI=1S/C8H10I2/c1-2-3-4-5-6-8(10)7-9/h1,7H,3-6H2/b8-7-. The Balaban J connectivity index is 3.14. The molecule has 0 atom stereocenters. The minimum Gasteiger partial charge on any atom is -0.120 e. The van der Waals surface area contributed by atoms with Crippen molar-refractivity contribution in [3.8, 4) is 12.3 Å². The summed E-state index contributed by atoms with van der Waals surface area (Å²) in [6.45, 7) is 0. The summed E-state index contributed by atoms with van der Waals surface area (Å²) < 4.78 is 3.55. The lowest BCUT2D eigenvalue weighted by Crippen LogP contribution is -1.74. The van der Waals surface area contributed by atoms with Crippen LogP contribution in [0.15, 0.2) is 7.66 Å². The fraction of sp³-hybridized carbons (Fsp3) is 0.500. The highest BCUT2D eigenvalue weighted by atomic mass is 127. The molecule has 0 amide bonds. The summed E-state index contributed by atoms with van der Waals surface area (Å²) in [6.07, 6.45) is 9.60. The highest BCUT2D eigenvalue weighted by Gasteiger charge is 1.89. The fourth-order valence-electron chi connectivity index (χ4n) is 0.575. The Morgan fingerprint density at radius 3 is 2.70 bits per heavy atom. The van der Waals surface area contributed by atoms with Gasteiger partial charge >= 0.3 is 0 Å². The van der Waals surface area contributed by atoms with Crippen molar-refractivity contribution in [2.24, 2.45) is 0 Å². The van der Waals surface area contributed by atoms with Crippen molar-refractivity contribution < 1.29 is 0 Å². The van der Waals surface area contributed by atoms with Crippen LogP contribution in [-0.2, 0) is 0 Å². The first-order valence-corrected chi connectivity index (χ1v) is 5.52. The SMILES string of the molecule is C#CCCCC/C(I)=C/I. The molecular weight excluding hydrogens is 350 g/mol. The first kappa shape index (κ1) is 10.8. The Hall–Kier alpha value is 0.760. The van der Waals surface area contributed by atoms with Gasteiger partial charge in [-0.1, -0.05) is 22.6 Å². The second kappa shape index (κ2) is 7.86. The first-order chi connectivity index (χ1) is 4.81. The molecule has 0 aromatic rings. The molecule has 0 bridgehead atoms. The second-order valence-electron chi connectivity index (χ2n) is 1.97. The second-order valence-corrected chi connectivity index (χ2v) is 3.98. The van der Waals surface area contributed by atoms with Crippen molar-refractivity contribution in [3.63, 3.8) is 0 Å². The molecule has 0 aliphatic rings. The topological polar surface area (TPSA) is 0 Å². The molecule has 0 aliphatic carbocycles. The summed E-state index contributed by atoms with van der Waals surface area (Å²) in [5.74, 6) is 2.64. The number of halogens is 2. The molecule has 0 radical (unpaired) electrons. The van der Waals surface area contributed by atoms with Crippen LogP contribution in [0.2, 0.25) is 0 Å². The zero-order valence-corrected chi connectivity index (χ0v) is 10.1. The monoisotopic (exact) mass is 360 g/mol. The van der Waals surface area contributed by atoms with Crippen molar-refractivity contribution in [1.82, 2.24) is 0 Å². The van der Waals surface area contributed by atoms with Gasteiger partial charge in [0.1, 0.15) is 0 Å². The third-order valence-electron chi connectivity index (χ3n) is 1.11. The number of hydrogen-bond donors (Lipinski definition) is 0. The molecule has 0 fully saturated rings. The summed E-state index contributed by atoms with van der Waals surface area (Å²) in [6, 6.07) is 0. The number of hydrogen-bond acceptors (Lipinski definition) is 0. The van der Waals surface area contributed by atoms with Gasteiger partial charge in [0.2, 0.25) is 0 Å². The maximum absolute atomic E-state index is 5.11. The van der Waals surface area contributed by atoms with Gasteiger partial charge in [0.05, 0.1) is 0 Å². The average molecular weight is 360 g/mol. The molecule has 0 nitrogen and oxygen atoms in total. The number of unbranched alkanes of at least 4 members (excludes halogenated alkanes) is 2.